The lowest BCUT2D eigenvalue weighted by atomic mass is 10.1. The second kappa shape index (κ2) is 7.13. The molecule has 0 aromatic heterocycles. The summed E-state index contributed by atoms with van der Waals surface area (Å²) in [5.41, 5.74) is 0. The first-order valence-electron chi connectivity index (χ1n) is 6.53. The molecule has 7 heteroatoms. The van der Waals surface area contributed by atoms with Gasteiger partial charge in [-0.05, 0) is 30.5 Å². The summed E-state index contributed by atoms with van der Waals surface area (Å²) in [6, 6.07) is 5.17. The minimum Gasteiger partial charge on any atom is -0.482 e. The number of carbonyl (C=O) groups is 2. The van der Waals surface area contributed by atoms with Crippen LogP contribution in [0.4, 0.5) is 0 Å². The highest BCUT2D eigenvalue weighted by Gasteiger charge is 2.27. The van der Waals surface area contributed by atoms with Crippen molar-refractivity contribution in [3.63, 3.8) is 0 Å². The SMILES string of the molecule is O=C(O)CC1CCN(C(=O)COc2ccc(Br)cc2Cl)C1. The molecule has 0 spiro atoms. The van der Waals surface area contributed by atoms with Crippen LogP contribution in [0, 0.1) is 5.92 Å². The van der Waals surface area contributed by atoms with E-state index in [1.807, 2.05) is 0 Å². The molecule has 0 radical (unpaired) electrons. The van der Waals surface area contributed by atoms with E-state index in [1.165, 1.54) is 0 Å². The summed E-state index contributed by atoms with van der Waals surface area (Å²) in [7, 11) is 0. The summed E-state index contributed by atoms with van der Waals surface area (Å²) in [5, 5.41) is 9.19. The van der Waals surface area contributed by atoms with Crippen molar-refractivity contribution in [2.24, 2.45) is 5.92 Å². The third kappa shape index (κ3) is 4.61. The van der Waals surface area contributed by atoms with Gasteiger partial charge in [-0.2, -0.15) is 0 Å². The molecule has 0 aliphatic carbocycles. The van der Waals surface area contributed by atoms with E-state index in [0.717, 1.165) is 10.9 Å². The molecule has 1 aliphatic heterocycles. The zero-order valence-corrected chi connectivity index (χ0v) is 13.6. The van der Waals surface area contributed by atoms with Gasteiger partial charge < -0.3 is 14.7 Å². The molecule has 1 aliphatic rings. The Bertz CT molecular complexity index is 552. The predicted molar refractivity (Wildman–Crippen MR) is 81.6 cm³/mol. The fourth-order valence-corrected chi connectivity index (χ4v) is 3.02. The Kier molecular flexibility index (Phi) is 5.47. The molecule has 0 bridgehead atoms. The quantitative estimate of drug-likeness (QED) is 0.858. The normalized spacial score (nSPS) is 17.8. The third-order valence-corrected chi connectivity index (χ3v) is 4.14. The number of amides is 1. The maximum absolute atomic E-state index is 12.0. The molecule has 1 atom stereocenters. The average Bonchev–Trinajstić information content (AvgIpc) is 2.85. The Morgan fingerprint density at radius 2 is 2.24 bits per heavy atom. The van der Waals surface area contributed by atoms with E-state index in [0.29, 0.717) is 23.9 Å². The standard InChI is InChI=1S/C14H15BrClNO4/c15-10-1-2-12(11(16)6-10)21-8-13(18)17-4-3-9(7-17)5-14(19)20/h1-2,6,9H,3-5,7-8H2,(H,19,20). The molecule has 1 N–H and O–H groups in total. The molecule has 5 nitrogen and oxygen atoms in total. The number of rotatable bonds is 5. The van der Waals surface area contributed by atoms with Crippen LogP contribution in [-0.2, 0) is 9.59 Å². The number of halogens is 2. The average molecular weight is 377 g/mol. The van der Waals surface area contributed by atoms with Crippen molar-refractivity contribution in [1.29, 1.82) is 0 Å². The van der Waals surface area contributed by atoms with Crippen LogP contribution >= 0.6 is 27.5 Å². The van der Waals surface area contributed by atoms with Gasteiger partial charge in [0.05, 0.1) is 5.02 Å². The van der Waals surface area contributed by atoms with Crippen LogP contribution < -0.4 is 4.74 Å². The minimum atomic E-state index is -0.827. The Morgan fingerprint density at radius 1 is 1.48 bits per heavy atom. The van der Waals surface area contributed by atoms with E-state index in [2.05, 4.69) is 15.9 Å². The zero-order chi connectivity index (χ0) is 15.4. The van der Waals surface area contributed by atoms with Crippen LogP contribution in [0.3, 0.4) is 0 Å². The van der Waals surface area contributed by atoms with Gasteiger partial charge in [0, 0.05) is 24.0 Å². The molecular formula is C14H15BrClNO4. The largest absolute Gasteiger partial charge is 0.482 e. The number of likely N-dealkylation sites (tertiary alicyclic amines) is 1. The fraction of sp³-hybridized carbons (Fsp3) is 0.429. The molecule has 1 amide bonds. The van der Waals surface area contributed by atoms with Crippen LogP contribution in [0.25, 0.3) is 0 Å². The monoisotopic (exact) mass is 375 g/mol. The zero-order valence-electron chi connectivity index (χ0n) is 11.2. The lowest BCUT2D eigenvalue weighted by Gasteiger charge is -2.17. The molecule has 1 aromatic rings. The van der Waals surface area contributed by atoms with Crippen LogP contribution in [0.15, 0.2) is 22.7 Å². The number of carboxylic acid groups (broad SMARTS) is 1. The third-order valence-electron chi connectivity index (χ3n) is 3.35. The molecule has 114 valence electrons. The second-order valence-corrected chi connectivity index (χ2v) is 6.28. The smallest absolute Gasteiger partial charge is 0.303 e. The number of nitrogens with zero attached hydrogens (tertiary/aromatic N) is 1. The highest BCUT2D eigenvalue weighted by atomic mass is 79.9. The van der Waals surface area contributed by atoms with Gasteiger partial charge in [-0.15, -0.1) is 0 Å². The maximum atomic E-state index is 12.0. The van der Waals surface area contributed by atoms with Crippen LogP contribution in [0.1, 0.15) is 12.8 Å². The van der Waals surface area contributed by atoms with E-state index < -0.39 is 5.97 Å². The first-order valence-corrected chi connectivity index (χ1v) is 7.70. The molecule has 2 rings (SSSR count). The minimum absolute atomic E-state index is 0.0303. The van der Waals surface area contributed by atoms with Gasteiger partial charge in [0.2, 0.25) is 0 Å². The molecule has 1 unspecified atom stereocenters. The van der Waals surface area contributed by atoms with E-state index in [9.17, 15) is 9.59 Å². The lowest BCUT2D eigenvalue weighted by Crippen LogP contribution is -2.33. The highest BCUT2D eigenvalue weighted by Crippen LogP contribution is 2.28. The molecule has 1 heterocycles. The number of aliphatic carboxylic acids is 1. The van der Waals surface area contributed by atoms with Crippen molar-refractivity contribution >= 4 is 39.4 Å². The van der Waals surface area contributed by atoms with Gasteiger partial charge in [-0.3, -0.25) is 9.59 Å². The number of hydrogen-bond donors (Lipinski definition) is 1. The van der Waals surface area contributed by atoms with Crippen molar-refractivity contribution < 1.29 is 19.4 Å². The van der Waals surface area contributed by atoms with Gasteiger partial charge in [0.25, 0.3) is 5.91 Å². The fourth-order valence-electron chi connectivity index (χ4n) is 2.30. The molecular weight excluding hydrogens is 362 g/mol. The summed E-state index contributed by atoms with van der Waals surface area (Å²) < 4.78 is 6.26. The molecule has 1 fully saturated rings. The summed E-state index contributed by atoms with van der Waals surface area (Å²) >= 11 is 9.30. The summed E-state index contributed by atoms with van der Waals surface area (Å²) in [5.74, 6) is -0.494. The summed E-state index contributed by atoms with van der Waals surface area (Å²) in [4.78, 5) is 24.3. The Hall–Kier alpha value is -1.27. The van der Waals surface area contributed by atoms with E-state index in [4.69, 9.17) is 21.4 Å². The number of carbonyl (C=O) groups excluding carboxylic acids is 1. The van der Waals surface area contributed by atoms with Crippen LogP contribution in [0.2, 0.25) is 5.02 Å². The van der Waals surface area contributed by atoms with E-state index >= 15 is 0 Å². The van der Waals surface area contributed by atoms with Crippen LogP contribution in [0.5, 0.6) is 5.75 Å². The predicted octanol–water partition coefficient (Wildman–Crippen LogP) is 2.80. The topological polar surface area (TPSA) is 66.8 Å². The summed E-state index contributed by atoms with van der Waals surface area (Å²) in [6.07, 6.45) is 0.820. The van der Waals surface area contributed by atoms with Gasteiger partial charge in [-0.25, -0.2) is 0 Å². The van der Waals surface area contributed by atoms with Gasteiger partial charge in [0.15, 0.2) is 6.61 Å². The number of carboxylic acids is 1. The van der Waals surface area contributed by atoms with Crippen LogP contribution in [-0.4, -0.2) is 41.6 Å². The highest BCUT2D eigenvalue weighted by molar-refractivity contribution is 9.10. The van der Waals surface area contributed by atoms with E-state index in [-0.39, 0.29) is 24.9 Å². The number of ether oxygens (including phenoxy) is 1. The summed E-state index contributed by atoms with van der Waals surface area (Å²) in [6.45, 7) is 0.956. The first-order chi connectivity index (χ1) is 9.95. The Balaban J connectivity index is 1.84. The molecule has 21 heavy (non-hydrogen) atoms. The second-order valence-electron chi connectivity index (χ2n) is 4.96. The van der Waals surface area contributed by atoms with Crippen molar-refractivity contribution in [2.45, 2.75) is 12.8 Å². The first kappa shape index (κ1) is 16.1. The van der Waals surface area contributed by atoms with E-state index in [1.54, 1.807) is 23.1 Å². The van der Waals surface area contributed by atoms with Gasteiger partial charge >= 0.3 is 5.97 Å². The van der Waals surface area contributed by atoms with Gasteiger partial charge in [0.1, 0.15) is 5.75 Å². The lowest BCUT2D eigenvalue weighted by molar-refractivity contribution is -0.138. The van der Waals surface area contributed by atoms with Gasteiger partial charge in [-0.1, -0.05) is 27.5 Å². The molecule has 1 aromatic carbocycles. The van der Waals surface area contributed by atoms with Crippen molar-refractivity contribution in [2.75, 3.05) is 19.7 Å². The molecule has 0 saturated carbocycles. The van der Waals surface area contributed by atoms with Crippen molar-refractivity contribution in [3.8, 4) is 5.75 Å². The Labute approximate surface area is 136 Å². The maximum Gasteiger partial charge on any atom is 0.303 e. The number of benzene rings is 1. The number of hydrogen-bond acceptors (Lipinski definition) is 3. The van der Waals surface area contributed by atoms with Crippen molar-refractivity contribution in [3.05, 3.63) is 27.7 Å². The van der Waals surface area contributed by atoms with Crippen molar-refractivity contribution in [1.82, 2.24) is 4.90 Å². The Morgan fingerprint density at radius 3 is 2.90 bits per heavy atom. The molecule has 1 saturated heterocycles.